The first-order valence-electron chi connectivity index (χ1n) is 7.13. The van der Waals surface area contributed by atoms with E-state index in [1.54, 1.807) is 0 Å². The molecule has 3 aromatic rings. The summed E-state index contributed by atoms with van der Waals surface area (Å²) < 4.78 is 0. The highest BCUT2D eigenvalue weighted by atomic mass is 16.3. The predicted octanol–water partition coefficient (Wildman–Crippen LogP) is 3.62. The highest BCUT2D eigenvalue weighted by Crippen LogP contribution is 2.47. The van der Waals surface area contributed by atoms with Crippen LogP contribution in [0.3, 0.4) is 0 Å². The number of para-hydroxylation sites is 2. The number of benzene rings is 2. The summed E-state index contributed by atoms with van der Waals surface area (Å²) in [5.74, 6) is 0. The maximum Gasteiger partial charge on any atom is 0.107 e. The Bertz CT molecular complexity index is 855. The molecular formula is C18H16N2O. The van der Waals surface area contributed by atoms with Crippen LogP contribution < -0.4 is 0 Å². The van der Waals surface area contributed by atoms with Crippen molar-refractivity contribution < 1.29 is 5.11 Å². The molecule has 4 rings (SSSR count). The van der Waals surface area contributed by atoms with E-state index in [1.165, 1.54) is 0 Å². The molecule has 21 heavy (non-hydrogen) atoms. The van der Waals surface area contributed by atoms with Crippen LogP contribution >= 0.6 is 0 Å². The Hall–Kier alpha value is -2.26. The van der Waals surface area contributed by atoms with Crippen LogP contribution in [-0.4, -0.2) is 15.1 Å². The molecule has 1 aromatic heterocycles. The van der Waals surface area contributed by atoms with Crippen LogP contribution in [0.4, 0.5) is 0 Å². The maximum atomic E-state index is 10.8. The quantitative estimate of drug-likeness (QED) is 0.682. The van der Waals surface area contributed by atoms with E-state index in [1.807, 2.05) is 36.4 Å². The van der Waals surface area contributed by atoms with Crippen LogP contribution in [-0.2, 0) is 5.41 Å². The molecule has 2 aromatic carbocycles. The van der Waals surface area contributed by atoms with Crippen molar-refractivity contribution in [3.8, 4) is 11.3 Å². The van der Waals surface area contributed by atoms with Gasteiger partial charge in [0.2, 0.25) is 0 Å². The Morgan fingerprint density at radius 3 is 2.29 bits per heavy atom. The van der Waals surface area contributed by atoms with Crippen molar-refractivity contribution in [1.29, 1.82) is 0 Å². The number of aliphatic hydroxyl groups is 1. The molecule has 0 aliphatic heterocycles. The monoisotopic (exact) mass is 276 g/mol. The fraction of sp³-hybridized carbons (Fsp3) is 0.222. The molecule has 0 amide bonds. The van der Waals surface area contributed by atoms with E-state index in [9.17, 15) is 5.11 Å². The van der Waals surface area contributed by atoms with Gasteiger partial charge in [-0.05, 0) is 17.7 Å². The van der Waals surface area contributed by atoms with Gasteiger partial charge in [-0.3, -0.25) is 0 Å². The van der Waals surface area contributed by atoms with Gasteiger partial charge in [-0.1, -0.05) is 50.2 Å². The highest BCUT2D eigenvalue weighted by molar-refractivity contribution is 5.81. The zero-order valence-electron chi connectivity index (χ0n) is 12.0. The van der Waals surface area contributed by atoms with Crippen molar-refractivity contribution in [3.05, 3.63) is 59.8 Å². The summed E-state index contributed by atoms with van der Waals surface area (Å²) in [5.41, 5.74) is 4.98. The van der Waals surface area contributed by atoms with Crippen LogP contribution in [0.1, 0.15) is 31.2 Å². The molecular weight excluding hydrogens is 260 g/mol. The number of aliphatic hydroxyl groups excluding tert-OH is 1. The molecule has 0 radical (unpaired) electrons. The summed E-state index contributed by atoms with van der Waals surface area (Å²) >= 11 is 0. The van der Waals surface area contributed by atoms with E-state index in [2.05, 4.69) is 31.0 Å². The zero-order valence-corrected chi connectivity index (χ0v) is 12.0. The van der Waals surface area contributed by atoms with Gasteiger partial charge in [0, 0.05) is 11.0 Å². The third-order valence-electron chi connectivity index (χ3n) is 4.42. The minimum Gasteiger partial charge on any atom is -0.386 e. The smallest absolute Gasteiger partial charge is 0.107 e. The molecule has 0 bridgehead atoms. The number of nitrogens with zero attached hydrogens (tertiary/aromatic N) is 2. The maximum absolute atomic E-state index is 10.8. The molecule has 1 aliphatic rings. The van der Waals surface area contributed by atoms with Gasteiger partial charge in [-0.25, -0.2) is 9.97 Å². The van der Waals surface area contributed by atoms with Crippen LogP contribution in [0.2, 0.25) is 0 Å². The van der Waals surface area contributed by atoms with Crippen molar-refractivity contribution in [3.63, 3.8) is 0 Å². The lowest BCUT2D eigenvalue weighted by Crippen LogP contribution is -2.32. The Morgan fingerprint density at radius 2 is 1.52 bits per heavy atom. The number of hydrogen-bond acceptors (Lipinski definition) is 3. The van der Waals surface area contributed by atoms with E-state index in [0.717, 1.165) is 27.9 Å². The minimum absolute atomic E-state index is 0.374. The van der Waals surface area contributed by atoms with Crippen molar-refractivity contribution in [2.75, 3.05) is 0 Å². The topological polar surface area (TPSA) is 46.0 Å². The van der Waals surface area contributed by atoms with Gasteiger partial charge in [0.05, 0.1) is 22.4 Å². The average Bonchev–Trinajstić information content (AvgIpc) is 2.52. The van der Waals surface area contributed by atoms with Gasteiger partial charge in [-0.15, -0.1) is 0 Å². The second-order valence-electron chi connectivity index (χ2n) is 6.12. The molecule has 3 nitrogen and oxygen atoms in total. The van der Waals surface area contributed by atoms with Gasteiger partial charge in [-0.2, -0.15) is 0 Å². The van der Waals surface area contributed by atoms with E-state index >= 15 is 0 Å². The lowest BCUT2D eigenvalue weighted by molar-refractivity contribution is 0.0943. The number of fused-ring (bicyclic) bond motifs is 4. The molecule has 1 aliphatic carbocycles. The molecule has 1 N–H and O–H groups in total. The Balaban J connectivity index is 2.12. The van der Waals surface area contributed by atoms with Gasteiger partial charge in [0.1, 0.15) is 6.10 Å². The van der Waals surface area contributed by atoms with Crippen LogP contribution in [0.15, 0.2) is 48.5 Å². The number of rotatable bonds is 0. The van der Waals surface area contributed by atoms with Gasteiger partial charge in [0.25, 0.3) is 0 Å². The summed E-state index contributed by atoms with van der Waals surface area (Å²) in [5, 5.41) is 10.8. The second-order valence-corrected chi connectivity index (χ2v) is 6.12. The number of aromatic nitrogens is 2. The van der Waals surface area contributed by atoms with E-state index in [0.29, 0.717) is 5.69 Å². The average molecular weight is 276 g/mol. The van der Waals surface area contributed by atoms with E-state index in [4.69, 9.17) is 4.98 Å². The molecule has 0 spiro atoms. The minimum atomic E-state index is -0.653. The van der Waals surface area contributed by atoms with Crippen molar-refractivity contribution >= 4 is 11.0 Å². The van der Waals surface area contributed by atoms with Crippen LogP contribution in [0.25, 0.3) is 22.3 Å². The third kappa shape index (κ3) is 1.64. The normalized spacial score (nSPS) is 19.1. The number of hydrogen-bond donors (Lipinski definition) is 1. The Kier molecular flexibility index (Phi) is 2.45. The third-order valence-corrected chi connectivity index (χ3v) is 4.42. The summed E-state index contributed by atoms with van der Waals surface area (Å²) in [6, 6.07) is 15.9. The Morgan fingerprint density at radius 1 is 0.905 bits per heavy atom. The molecule has 1 heterocycles. The van der Waals surface area contributed by atoms with Gasteiger partial charge >= 0.3 is 0 Å². The zero-order chi connectivity index (χ0) is 14.6. The van der Waals surface area contributed by atoms with Crippen LogP contribution in [0, 0.1) is 0 Å². The molecule has 3 heteroatoms. The lowest BCUT2D eigenvalue weighted by Gasteiger charge is -2.37. The molecule has 1 atom stereocenters. The molecule has 104 valence electrons. The van der Waals surface area contributed by atoms with Crippen molar-refractivity contribution in [1.82, 2.24) is 9.97 Å². The van der Waals surface area contributed by atoms with Gasteiger partial charge in [0.15, 0.2) is 0 Å². The van der Waals surface area contributed by atoms with Crippen molar-refractivity contribution in [2.24, 2.45) is 0 Å². The first-order chi connectivity index (χ1) is 10.1. The van der Waals surface area contributed by atoms with Crippen LogP contribution in [0.5, 0.6) is 0 Å². The van der Waals surface area contributed by atoms with Gasteiger partial charge < -0.3 is 5.11 Å². The first-order valence-corrected chi connectivity index (χ1v) is 7.13. The molecule has 0 fully saturated rings. The highest BCUT2D eigenvalue weighted by Gasteiger charge is 2.40. The summed E-state index contributed by atoms with van der Waals surface area (Å²) in [6.45, 7) is 4.10. The predicted molar refractivity (Wildman–Crippen MR) is 83.0 cm³/mol. The fourth-order valence-electron chi connectivity index (χ4n) is 3.14. The SMILES string of the molecule is CC1(C)c2ccccc2-c2nc3ccccc3nc2[C@@H]1O. The van der Waals surface area contributed by atoms with E-state index < -0.39 is 6.10 Å². The lowest BCUT2D eigenvalue weighted by atomic mass is 9.71. The largest absolute Gasteiger partial charge is 0.386 e. The summed E-state index contributed by atoms with van der Waals surface area (Å²) in [7, 11) is 0. The standard InChI is InChI=1S/C18H16N2O/c1-18(2)12-8-4-3-7-11(12)15-16(17(18)21)20-14-10-6-5-9-13(14)19-15/h3-10,17,21H,1-2H3/t17-/m0/s1. The summed E-state index contributed by atoms with van der Waals surface area (Å²) in [6.07, 6.45) is -0.653. The second kappa shape index (κ2) is 4.12. The Labute approximate surface area is 123 Å². The summed E-state index contributed by atoms with van der Waals surface area (Å²) in [4.78, 5) is 9.43. The molecule has 0 unspecified atom stereocenters. The first kappa shape index (κ1) is 12.5. The van der Waals surface area contributed by atoms with E-state index in [-0.39, 0.29) is 5.41 Å². The molecule has 0 saturated heterocycles. The van der Waals surface area contributed by atoms with Crippen molar-refractivity contribution in [2.45, 2.75) is 25.4 Å². The molecule has 0 saturated carbocycles. The fourth-order valence-corrected chi connectivity index (χ4v) is 3.14.